The molecule has 0 spiro atoms. The van der Waals surface area contributed by atoms with E-state index in [2.05, 4.69) is 10.6 Å². The van der Waals surface area contributed by atoms with Crippen LogP contribution in [0.15, 0.2) is 24.3 Å². The Kier molecular flexibility index (Phi) is 8.29. The smallest absolute Gasteiger partial charge is 0.308 e. The lowest BCUT2D eigenvalue weighted by atomic mass is 9.99. The van der Waals surface area contributed by atoms with Crippen molar-refractivity contribution >= 4 is 17.8 Å². The molecule has 7 nitrogen and oxygen atoms in total. The predicted octanol–water partition coefficient (Wildman–Crippen LogP) is 2.14. The van der Waals surface area contributed by atoms with E-state index < -0.39 is 17.9 Å². The van der Waals surface area contributed by atoms with E-state index >= 15 is 0 Å². The molecule has 2 amide bonds. The number of hydrogen-bond donors (Lipinski definition) is 3. The van der Waals surface area contributed by atoms with Crippen LogP contribution in [0, 0.1) is 11.8 Å². The van der Waals surface area contributed by atoms with Crippen LogP contribution in [0.1, 0.15) is 45.1 Å². The van der Waals surface area contributed by atoms with Gasteiger partial charge >= 0.3 is 5.97 Å². The third-order valence-corrected chi connectivity index (χ3v) is 5.07. The fraction of sp³-hybridized carbons (Fsp3) is 0.571. The van der Waals surface area contributed by atoms with Crippen LogP contribution in [0.5, 0.6) is 5.75 Å². The summed E-state index contributed by atoms with van der Waals surface area (Å²) < 4.78 is 5.38. The van der Waals surface area contributed by atoms with Crippen molar-refractivity contribution in [1.29, 1.82) is 0 Å². The number of hydrogen-bond acceptors (Lipinski definition) is 4. The highest BCUT2D eigenvalue weighted by atomic mass is 16.5. The van der Waals surface area contributed by atoms with Crippen molar-refractivity contribution in [2.24, 2.45) is 11.8 Å². The summed E-state index contributed by atoms with van der Waals surface area (Å²) in [6, 6.07) is 6.57. The van der Waals surface area contributed by atoms with Crippen LogP contribution < -0.4 is 15.4 Å². The van der Waals surface area contributed by atoms with Gasteiger partial charge in [-0.3, -0.25) is 14.4 Å². The van der Waals surface area contributed by atoms with Crippen molar-refractivity contribution in [3.8, 4) is 5.75 Å². The van der Waals surface area contributed by atoms with Gasteiger partial charge in [0.2, 0.25) is 11.8 Å². The van der Waals surface area contributed by atoms with Crippen molar-refractivity contribution in [2.75, 3.05) is 13.2 Å². The van der Waals surface area contributed by atoms with Gasteiger partial charge in [-0.05, 0) is 50.8 Å². The number of carboxylic acid groups (broad SMARTS) is 1. The van der Waals surface area contributed by atoms with Gasteiger partial charge < -0.3 is 20.5 Å². The maximum Gasteiger partial charge on any atom is 0.308 e. The van der Waals surface area contributed by atoms with Crippen LogP contribution in [0.3, 0.4) is 0 Å². The molecule has 3 N–H and O–H groups in total. The summed E-state index contributed by atoms with van der Waals surface area (Å²) in [4.78, 5) is 35.9. The molecule has 1 aromatic carbocycles. The zero-order valence-corrected chi connectivity index (χ0v) is 16.6. The SMILES string of the molecule is CCOc1ccc(CC(CNC(=O)C(C)NC(=O)C2CCCC2)C(=O)O)cc1. The molecule has 1 saturated carbocycles. The Hall–Kier alpha value is -2.57. The monoisotopic (exact) mass is 390 g/mol. The molecule has 7 heteroatoms. The number of ether oxygens (including phenoxy) is 1. The van der Waals surface area contributed by atoms with E-state index in [4.69, 9.17) is 4.74 Å². The molecule has 0 saturated heterocycles. The van der Waals surface area contributed by atoms with Crippen LogP contribution in [-0.2, 0) is 20.8 Å². The van der Waals surface area contributed by atoms with Crippen molar-refractivity contribution in [3.63, 3.8) is 0 Å². The molecular weight excluding hydrogens is 360 g/mol. The first-order valence-electron chi connectivity index (χ1n) is 9.93. The molecule has 2 rings (SSSR count). The maximum absolute atomic E-state index is 12.3. The number of amides is 2. The van der Waals surface area contributed by atoms with E-state index in [0.717, 1.165) is 37.0 Å². The molecule has 28 heavy (non-hydrogen) atoms. The normalized spacial score (nSPS) is 16.2. The van der Waals surface area contributed by atoms with Crippen molar-refractivity contribution in [3.05, 3.63) is 29.8 Å². The van der Waals surface area contributed by atoms with Gasteiger partial charge in [-0.2, -0.15) is 0 Å². The molecule has 1 aromatic rings. The standard InChI is InChI=1S/C21H30N2O5/c1-3-28-18-10-8-15(9-11-18)12-17(21(26)27)13-22-19(24)14(2)23-20(25)16-6-4-5-7-16/h8-11,14,16-17H,3-7,12-13H2,1-2H3,(H,22,24)(H,23,25)(H,26,27). The van der Waals surface area contributed by atoms with Gasteiger partial charge in [-0.25, -0.2) is 0 Å². The Labute approximate surface area is 165 Å². The van der Waals surface area contributed by atoms with Gasteiger partial charge in [0.25, 0.3) is 0 Å². The lowest BCUT2D eigenvalue weighted by Crippen LogP contribution is -2.48. The van der Waals surface area contributed by atoms with E-state index in [-0.39, 0.29) is 24.3 Å². The molecule has 1 aliphatic rings. The number of carbonyl (C=O) groups is 3. The second-order valence-electron chi connectivity index (χ2n) is 7.27. The largest absolute Gasteiger partial charge is 0.494 e. The van der Waals surface area contributed by atoms with Gasteiger partial charge in [0.05, 0.1) is 12.5 Å². The molecule has 1 aliphatic carbocycles. The van der Waals surface area contributed by atoms with E-state index in [1.165, 1.54) is 0 Å². The van der Waals surface area contributed by atoms with Crippen LogP contribution >= 0.6 is 0 Å². The van der Waals surface area contributed by atoms with E-state index in [1.807, 2.05) is 19.1 Å². The third kappa shape index (κ3) is 6.55. The van der Waals surface area contributed by atoms with E-state index in [0.29, 0.717) is 13.0 Å². The van der Waals surface area contributed by atoms with E-state index in [9.17, 15) is 19.5 Å². The van der Waals surface area contributed by atoms with Gasteiger partial charge in [-0.15, -0.1) is 0 Å². The average molecular weight is 390 g/mol. The molecule has 0 aliphatic heterocycles. The zero-order chi connectivity index (χ0) is 20.5. The summed E-state index contributed by atoms with van der Waals surface area (Å²) >= 11 is 0. The van der Waals surface area contributed by atoms with Crippen LogP contribution in [-0.4, -0.2) is 42.1 Å². The second-order valence-corrected chi connectivity index (χ2v) is 7.27. The number of carboxylic acids is 1. The van der Waals surface area contributed by atoms with Crippen molar-refractivity contribution in [1.82, 2.24) is 10.6 Å². The maximum atomic E-state index is 12.3. The zero-order valence-electron chi connectivity index (χ0n) is 16.6. The van der Waals surface area contributed by atoms with Crippen molar-refractivity contribution in [2.45, 2.75) is 52.0 Å². The minimum Gasteiger partial charge on any atom is -0.494 e. The number of benzene rings is 1. The number of rotatable bonds is 10. The Morgan fingerprint density at radius 1 is 1.18 bits per heavy atom. The molecule has 0 radical (unpaired) electrons. The van der Waals surface area contributed by atoms with Gasteiger partial charge in [0.15, 0.2) is 0 Å². The van der Waals surface area contributed by atoms with Crippen LogP contribution in [0.25, 0.3) is 0 Å². The minimum atomic E-state index is -0.975. The predicted molar refractivity (Wildman–Crippen MR) is 105 cm³/mol. The van der Waals surface area contributed by atoms with Crippen LogP contribution in [0.4, 0.5) is 0 Å². The first-order chi connectivity index (χ1) is 13.4. The van der Waals surface area contributed by atoms with Gasteiger partial charge in [0, 0.05) is 12.5 Å². The number of nitrogens with one attached hydrogen (secondary N) is 2. The highest BCUT2D eigenvalue weighted by molar-refractivity contribution is 5.88. The Morgan fingerprint density at radius 2 is 1.82 bits per heavy atom. The van der Waals surface area contributed by atoms with E-state index in [1.54, 1.807) is 19.1 Å². The summed E-state index contributed by atoms with van der Waals surface area (Å²) in [5.41, 5.74) is 0.854. The molecule has 2 unspecified atom stereocenters. The summed E-state index contributed by atoms with van der Waals surface area (Å²) in [5, 5.41) is 14.9. The van der Waals surface area contributed by atoms with Crippen LogP contribution in [0.2, 0.25) is 0 Å². The number of aliphatic carboxylic acids is 1. The topological polar surface area (TPSA) is 105 Å². The first kappa shape index (κ1) is 21.7. The summed E-state index contributed by atoms with van der Waals surface area (Å²) in [6.45, 7) is 4.09. The lowest BCUT2D eigenvalue weighted by molar-refractivity contribution is -0.141. The molecule has 0 heterocycles. The molecule has 154 valence electrons. The van der Waals surface area contributed by atoms with Gasteiger partial charge in [-0.1, -0.05) is 25.0 Å². The summed E-state index contributed by atoms with van der Waals surface area (Å²) in [6.07, 6.45) is 4.12. The lowest BCUT2D eigenvalue weighted by Gasteiger charge is -2.19. The Bertz CT molecular complexity index is 668. The molecule has 0 bridgehead atoms. The number of carbonyl (C=O) groups excluding carboxylic acids is 2. The second kappa shape index (κ2) is 10.7. The first-order valence-corrected chi connectivity index (χ1v) is 9.93. The van der Waals surface area contributed by atoms with Crippen molar-refractivity contribution < 1.29 is 24.2 Å². The fourth-order valence-corrected chi connectivity index (χ4v) is 3.38. The minimum absolute atomic E-state index is 0.00498. The molecular formula is C21H30N2O5. The van der Waals surface area contributed by atoms with Gasteiger partial charge in [0.1, 0.15) is 11.8 Å². The highest BCUT2D eigenvalue weighted by Crippen LogP contribution is 2.24. The molecule has 0 aromatic heterocycles. The average Bonchev–Trinajstić information content (AvgIpc) is 3.21. The third-order valence-electron chi connectivity index (χ3n) is 5.07. The molecule has 2 atom stereocenters. The Balaban J connectivity index is 1.83. The summed E-state index contributed by atoms with van der Waals surface area (Å²) in [7, 11) is 0. The molecule has 1 fully saturated rings. The Morgan fingerprint density at radius 3 is 2.39 bits per heavy atom. The fourth-order valence-electron chi connectivity index (χ4n) is 3.38. The summed E-state index contributed by atoms with van der Waals surface area (Å²) in [5.74, 6) is -1.47. The quantitative estimate of drug-likeness (QED) is 0.568. The highest BCUT2D eigenvalue weighted by Gasteiger charge is 2.26.